The second kappa shape index (κ2) is 8.13. The average Bonchev–Trinajstić information content (AvgIpc) is 2.03. The minimum absolute atomic E-state index is 0.209. The number of carbonyl (C=O) groups excluding carboxylic acids is 1. The van der Waals surface area contributed by atoms with Crippen molar-refractivity contribution in [3.05, 3.63) is 12.2 Å². The maximum atomic E-state index is 10.8. The van der Waals surface area contributed by atoms with Crippen LogP contribution in [0.25, 0.3) is 0 Å². The Balaban J connectivity index is 3.35. The normalized spacial score (nSPS) is 13.2. The van der Waals surface area contributed by atoms with Crippen LogP contribution in [0.3, 0.4) is 0 Å². The monoisotopic (exact) mass is 203 g/mol. The number of esters is 1. The van der Waals surface area contributed by atoms with E-state index < -0.39 is 0 Å². The van der Waals surface area contributed by atoms with Gasteiger partial charge in [0.15, 0.2) is 0 Å². The first-order valence-electron chi connectivity index (χ1n) is 4.33. The quantitative estimate of drug-likeness (QED) is 0.400. The van der Waals surface area contributed by atoms with Crippen molar-refractivity contribution in [2.45, 2.75) is 19.9 Å². The molecule has 0 fully saturated rings. The zero-order valence-electron chi connectivity index (χ0n) is 8.16. The molecule has 0 aromatic heterocycles. The van der Waals surface area contributed by atoms with Gasteiger partial charge in [0, 0.05) is 23.6 Å². The number of hydrogen-bond donors (Lipinski definition) is 1. The first-order valence-corrected chi connectivity index (χ1v) is 5.49. The van der Waals surface area contributed by atoms with E-state index in [0.717, 1.165) is 11.5 Å². The standard InChI is InChI=1S/C9H17NO2S/c1-3-12-9(11)5-4-6-13-7-8(2)10/h4-5,8H,3,6-7,10H2,1-2H3/b5-4+. The molecule has 0 radical (unpaired) electrons. The Morgan fingerprint density at radius 2 is 2.38 bits per heavy atom. The Hall–Kier alpha value is -0.480. The first-order chi connectivity index (χ1) is 6.16. The largest absolute Gasteiger partial charge is 0.463 e. The van der Waals surface area contributed by atoms with Crippen LogP contribution in [-0.2, 0) is 9.53 Å². The summed E-state index contributed by atoms with van der Waals surface area (Å²) in [6.07, 6.45) is 3.25. The molecular weight excluding hydrogens is 186 g/mol. The molecule has 0 rings (SSSR count). The molecule has 0 bridgehead atoms. The Kier molecular flexibility index (Phi) is 7.83. The van der Waals surface area contributed by atoms with Gasteiger partial charge in [-0.3, -0.25) is 0 Å². The predicted molar refractivity (Wildman–Crippen MR) is 56.7 cm³/mol. The van der Waals surface area contributed by atoms with Gasteiger partial charge in [0.05, 0.1) is 6.61 Å². The van der Waals surface area contributed by atoms with Crippen LogP contribution in [0, 0.1) is 0 Å². The molecule has 0 saturated heterocycles. The Labute approximate surface area is 83.7 Å². The summed E-state index contributed by atoms with van der Waals surface area (Å²) in [6.45, 7) is 4.18. The third-order valence-corrected chi connectivity index (χ3v) is 2.32. The fourth-order valence-electron chi connectivity index (χ4n) is 0.657. The second-order valence-corrected chi connectivity index (χ2v) is 3.74. The molecule has 1 atom stereocenters. The molecule has 13 heavy (non-hydrogen) atoms. The Morgan fingerprint density at radius 1 is 1.69 bits per heavy atom. The van der Waals surface area contributed by atoms with E-state index in [-0.39, 0.29) is 12.0 Å². The van der Waals surface area contributed by atoms with Gasteiger partial charge in [-0.25, -0.2) is 4.79 Å². The van der Waals surface area contributed by atoms with Crippen LogP contribution in [0.1, 0.15) is 13.8 Å². The van der Waals surface area contributed by atoms with E-state index in [2.05, 4.69) is 0 Å². The summed E-state index contributed by atoms with van der Waals surface area (Å²) in [5, 5.41) is 0. The lowest BCUT2D eigenvalue weighted by Crippen LogP contribution is -2.17. The van der Waals surface area contributed by atoms with Crippen molar-refractivity contribution in [3.8, 4) is 0 Å². The molecule has 1 unspecified atom stereocenters. The van der Waals surface area contributed by atoms with E-state index in [1.54, 1.807) is 24.8 Å². The maximum Gasteiger partial charge on any atom is 0.330 e. The summed E-state index contributed by atoms with van der Waals surface area (Å²) < 4.78 is 4.71. The zero-order valence-corrected chi connectivity index (χ0v) is 8.97. The van der Waals surface area contributed by atoms with E-state index in [4.69, 9.17) is 10.5 Å². The van der Waals surface area contributed by atoms with E-state index in [9.17, 15) is 4.79 Å². The van der Waals surface area contributed by atoms with E-state index in [0.29, 0.717) is 6.61 Å². The van der Waals surface area contributed by atoms with Crippen molar-refractivity contribution >= 4 is 17.7 Å². The van der Waals surface area contributed by atoms with Crippen LogP contribution >= 0.6 is 11.8 Å². The lowest BCUT2D eigenvalue weighted by atomic mass is 10.4. The first kappa shape index (κ1) is 12.5. The predicted octanol–water partition coefficient (Wildman–Crippen LogP) is 1.19. The maximum absolute atomic E-state index is 10.8. The highest BCUT2D eigenvalue weighted by Crippen LogP contribution is 2.01. The lowest BCUT2D eigenvalue weighted by Gasteiger charge is -2.01. The van der Waals surface area contributed by atoms with E-state index in [1.165, 1.54) is 6.08 Å². The molecule has 0 heterocycles. The fraction of sp³-hybridized carbons (Fsp3) is 0.667. The van der Waals surface area contributed by atoms with Gasteiger partial charge in [-0.05, 0) is 13.8 Å². The molecule has 0 spiro atoms. The van der Waals surface area contributed by atoms with E-state index in [1.807, 2.05) is 6.92 Å². The van der Waals surface area contributed by atoms with Crippen molar-refractivity contribution in [1.29, 1.82) is 0 Å². The molecule has 0 aromatic carbocycles. The van der Waals surface area contributed by atoms with Gasteiger partial charge in [0.25, 0.3) is 0 Å². The smallest absolute Gasteiger partial charge is 0.330 e. The highest BCUT2D eigenvalue weighted by atomic mass is 32.2. The van der Waals surface area contributed by atoms with Gasteiger partial charge in [0.1, 0.15) is 0 Å². The van der Waals surface area contributed by atoms with Crippen LogP contribution in [0.4, 0.5) is 0 Å². The van der Waals surface area contributed by atoms with Crippen LogP contribution in [0.5, 0.6) is 0 Å². The van der Waals surface area contributed by atoms with Crippen LogP contribution in [0.15, 0.2) is 12.2 Å². The number of rotatable bonds is 6. The Bertz CT molecular complexity index is 169. The number of nitrogens with two attached hydrogens (primary N) is 1. The van der Waals surface area contributed by atoms with Crippen molar-refractivity contribution in [1.82, 2.24) is 0 Å². The number of thioether (sulfide) groups is 1. The van der Waals surface area contributed by atoms with Gasteiger partial charge < -0.3 is 10.5 Å². The van der Waals surface area contributed by atoms with Crippen LogP contribution in [-0.4, -0.2) is 30.1 Å². The highest BCUT2D eigenvalue weighted by molar-refractivity contribution is 7.99. The average molecular weight is 203 g/mol. The zero-order chi connectivity index (χ0) is 10.1. The third kappa shape index (κ3) is 9.43. The summed E-state index contributed by atoms with van der Waals surface area (Å²) >= 11 is 1.70. The topological polar surface area (TPSA) is 52.3 Å². The molecule has 76 valence electrons. The molecule has 4 heteroatoms. The number of carbonyl (C=O) groups is 1. The van der Waals surface area contributed by atoms with Crippen molar-refractivity contribution < 1.29 is 9.53 Å². The van der Waals surface area contributed by atoms with Gasteiger partial charge in [-0.1, -0.05) is 6.08 Å². The molecule has 0 aliphatic heterocycles. The van der Waals surface area contributed by atoms with Gasteiger partial charge in [0.2, 0.25) is 0 Å². The van der Waals surface area contributed by atoms with Crippen molar-refractivity contribution in [2.24, 2.45) is 5.73 Å². The molecule has 0 aromatic rings. The Morgan fingerprint density at radius 3 is 2.92 bits per heavy atom. The summed E-state index contributed by atoms with van der Waals surface area (Å²) in [5.41, 5.74) is 5.55. The molecule has 0 saturated carbocycles. The summed E-state index contributed by atoms with van der Waals surface area (Å²) in [6, 6.07) is 0.209. The van der Waals surface area contributed by atoms with Gasteiger partial charge in [-0.15, -0.1) is 0 Å². The summed E-state index contributed by atoms with van der Waals surface area (Å²) in [4.78, 5) is 10.8. The van der Waals surface area contributed by atoms with Gasteiger partial charge in [-0.2, -0.15) is 11.8 Å². The number of hydrogen-bond acceptors (Lipinski definition) is 4. The molecule has 0 amide bonds. The highest BCUT2D eigenvalue weighted by Gasteiger charge is 1.94. The second-order valence-electron chi connectivity index (χ2n) is 2.67. The summed E-state index contributed by atoms with van der Waals surface area (Å²) in [7, 11) is 0. The van der Waals surface area contributed by atoms with Crippen LogP contribution in [0.2, 0.25) is 0 Å². The minimum atomic E-state index is -0.274. The fourth-order valence-corrected chi connectivity index (χ4v) is 1.40. The molecule has 3 nitrogen and oxygen atoms in total. The van der Waals surface area contributed by atoms with Crippen molar-refractivity contribution in [2.75, 3.05) is 18.1 Å². The SMILES string of the molecule is CCOC(=O)/C=C/CSCC(C)N. The molecular formula is C9H17NO2S. The third-order valence-electron chi connectivity index (χ3n) is 1.14. The molecule has 2 N–H and O–H groups in total. The number of ether oxygens (including phenoxy) is 1. The van der Waals surface area contributed by atoms with Crippen LogP contribution < -0.4 is 5.73 Å². The molecule has 0 aliphatic rings. The van der Waals surface area contributed by atoms with E-state index >= 15 is 0 Å². The van der Waals surface area contributed by atoms with Gasteiger partial charge >= 0.3 is 5.97 Å². The molecule has 0 aliphatic carbocycles. The summed E-state index contributed by atoms with van der Waals surface area (Å²) in [5.74, 6) is 1.44. The minimum Gasteiger partial charge on any atom is -0.463 e. The van der Waals surface area contributed by atoms with Crippen molar-refractivity contribution in [3.63, 3.8) is 0 Å². The lowest BCUT2D eigenvalue weighted by molar-refractivity contribution is -0.137.